The van der Waals surface area contributed by atoms with Crippen LogP contribution in [0.3, 0.4) is 0 Å². The van der Waals surface area contributed by atoms with Gasteiger partial charge in [-0.05, 0) is 49.7 Å². The standard InChI is InChI=1S/C17H25N3/c1-13(2)14-8-10-17(11-9-14)12-19-16(18)20(17)15-6-4-3-5-7-15/h3-7,13-14H,8-12H2,1-2H3,(H2,18,19). The lowest BCUT2D eigenvalue weighted by Gasteiger charge is -2.45. The molecule has 2 aliphatic rings. The van der Waals surface area contributed by atoms with Crippen molar-refractivity contribution in [1.29, 1.82) is 0 Å². The van der Waals surface area contributed by atoms with Crippen LogP contribution in [0.5, 0.6) is 0 Å². The Kier molecular flexibility index (Phi) is 3.45. The second kappa shape index (κ2) is 5.12. The quantitative estimate of drug-likeness (QED) is 0.895. The summed E-state index contributed by atoms with van der Waals surface area (Å²) in [6.45, 7) is 5.55. The molecule has 0 aromatic heterocycles. The van der Waals surface area contributed by atoms with E-state index in [4.69, 9.17) is 5.73 Å². The summed E-state index contributed by atoms with van der Waals surface area (Å²) in [5, 5.41) is 0. The smallest absolute Gasteiger partial charge is 0.196 e. The van der Waals surface area contributed by atoms with Gasteiger partial charge in [-0.2, -0.15) is 0 Å². The van der Waals surface area contributed by atoms with Crippen molar-refractivity contribution in [2.75, 3.05) is 11.4 Å². The summed E-state index contributed by atoms with van der Waals surface area (Å²) < 4.78 is 0. The summed E-state index contributed by atoms with van der Waals surface area (Å²) in [4.78, 5) is 6.86. The number of hydrogen-bond donors (Lipinski definition) is 1. The number of guanidine groups is 1. The molecule has 0 atom stereocenters. The first kappa shape index (κ1) is 13.5. The van der Waals surface area contributed by atoms with E-state index in [0.29, 0.717) is 5.96 Å². The van der Waals surface area contributed by atoms with E-state index in [1.54, 1.807) is 0 Å². The van der Waals surface area contributed by atoms with E-state index in [2.05, 4.69) is 54.1 Å². The van der Waals surface area contributed by atoms with Gasteiger partial charge < -0.3 is 10.6 Å². The minimum absolute atomic E-state index is 0.136. The van der Waals surface area contributed by atoms with Crippen LogP contribution in [0, 0.1) is 11.8 Å². The first-order valence-corrected chi connectivity index (χ1v) is 7.78. The second-order valence-corrected chi connectivity index (χ2v) is 6.65. The van der Waals surface area contributed by atoms with Crippen LogP contribution >= 0.6 is 0 Å². The average molecular weight is 271 g/mol. The molecule has 1 aromatic rings. The maximum atomic E-state index is 6.19. The number of para-hydroxylation sites is 1. The Morgan fingerprint density at radius 2 is 1.85 bits per heavy atom. The lowest BCUT2D eigenvalue weighted by atomic mass is 9.72. The fourth-order valence-corrected chi connectivity index (χ4v) is 3.82. The second-order valence-electron chi connectivity index (χ2n) is 6.65. The fourth-order valence-electron chi connectivity index (χ4n) is 3.82. The van der Waals surface area contributed by atoms with E-state index in [1.165, 1.54) is 31.4 Å². The maximum absolute atomic E-state index is 6.19. The molecule has 1 spiro atoms. The lowest BCUT2D eigenvalue weighted by Crippen LogP contribution is -2.54. The van der Waals surface area contributed by atoms with E-state index >= 15 is 0 Å². The molecule has 108 valence electrons. The third-order valence-electron chi connectivity index (χ3n) is 5.16. The van der Waals surface area contributed by atoms with Crippen LogP contribution in [-0.2, 0) is 0 Å². The minimum atomic E-state index is 0.136. The zero-order chi connectivity index (χ0) is 14.2. The molecule has 20 heavy (non-hydrogen) atoms. The van der Waals surface area contributed by atoms with Crippen molar-refractivity contribution >= 4 is 11.6 Å². The molecule has 1 fully saturated rings. The summed E-state index contributed by atoms with van der Waals surface area (Å²) in [6, 6.07) is 10.5. The van der Waals surface area contributed by atoms with Crippen molar-refractivity contribution in [3.8, 4) is 0 Å². The van der Waals surface area contributed by atoms with Gasteiger partial charge in [-0.3, -0.25) is 4.99 Å². The molecule has 0 unspecified atom stereocenters. The summed E-state index contributed by atoms with van der Waals surface area (Å²) in [7, 11) is 0. The molecule has 3 rings (SSSR count). The predicted molar refractivity (Wildman–Crippen MR) is 84.9 cm³/mol. The third-order valence-corrected chi connectivity index (χ3v) is 5.16. The highest BCUT2D eigenvalue weighted by Crippen LogP contribution is 2.43. The summed E-state index contributed by atoms with van der Waals surface area (Å²) >= 11 is 0. The van der Waals surface area contributed by atoms with Crippen molar-refractivity contribution in [3.05, 3.63) is 30.3 Å². The Labute approximate surface area is 121 Å². The first-order valence-electron chi connectivity index (χ1n) is 7.78. The van der Waals surface area contributed by atoms with Gasteiger partial charge in [0, 0.05) is 5.69 Å². The Balaban J connectivity index is 1.84. The van der Waals surface area contributed by atoms with Gasteiger partial charge in [0.1, 0.15) is 0 Å². The molecule has 1 aromatic carbocycles. The van der Waals surface area contributed by atoms with Crippen molar-refractivity contribution < 1.29 is 0 Å². The molecular weight excluding hydrogens is 246 g/mol. The normalized spacial score (nSPS) is 30.1. The van der Waals surface area contributed by atoms with Gasteiger partial charge in [0.15, 0.2) is 5.96 Å². The number of aliphatic imine (C=N–C) groups is 1. The molecule has 0 amide bonds. The third kappa shape index (κ3) is 2.19. The Hall–Kier alpha value is -1.51. The van der Waals surface area contributed by atoms with Gasteiger partial charge in [0.25, 0.3) is 0 Å². The lowest BCUT2D eigenvalue weighted by molar-refractivity contribution is 0.206. The van der Waals surface area contributed by atoms with Crippen LogP contribution in [0.15, 0.2) is 35.3 Å². The summed E-state index contributed by atoms with van der Waals surface area (Å²) in [6.07, 6.45) is 5.00. The zero-order valence-corrected chi connectivity index (χ0v) is 12.5. The first-order chi connectivity index (χ1) is 9.62. The number of hydrogen-bond acceptors (Lipinski definition) is 3. The largest absolute Gasteiger partial charge is 0.369 e. The molecule has 0 saturated heterocycles. The molecule has 2 N–H and O–H groups in total. The van der Waals surface area contributed by atoms with Gasteiger partial charge in [0.05, 0.1) is 12.1 Å². The highest BCUT2D eigenvalue weighted by molar-refractivity contribution is 5.98. The summed E-state index contributed by atoms with van der Waals surface area (Å²) in [5.74, 6) is 2.34. The van der Waals surface area contributed by atoms with Crippen LogP contribution in [0.1, 0.15) is 39.5 Å². The molecule has 1 aliphatic carbocycles. The van der Waals surface area contributed by atoms with Crippen LogP contribution in [0.4, 0.5) is 5.69 Å². The summed E-state index contributed by atoms with van der Waals surface area (Å²) in [5.41, 5.74) is 7.51. The SMILES string of the molecule is CC(C)C1CCC2(CC1)CN=C(N)N2c1ccccc1. The van der Waals surface area contributed by atoms with Crippen molar-refractivity contribution in [3.63, 3.8) is 0 Å². The number of nitrogens with zero attached hydrogens (tertiary/aromatic N) is 2. The number of nitrogens with two attached hydrogens (primary N) is 1. The van der Waals surface area contributed by atoms with Crippen LogP contribution in [-0.4, -0.2) is 18.0 Å². The van der Waals surface area contributed by atoms with Gasteiger partial charge in [0.2, 0.25) is 0 Å². The van der Waals surface area contributed by atoms with E-state index < -0.39 is 0 Å². The average Bonchev–Trinajstić information content (AvgIpc) is 2.77. The van der Waals surface area contributed by atoms with Crippen LogP contribution in [0.25, 0.3) is 0 Å². The predicted octanol–water partition coefficient (Wildman–Crippen LogP) is 3.41. The minimum Gasteiger partial charge on any atom is -0.369 e. The van der Waals surface area contributed by atoms with Crippen LogP contribution in [0.2, 0.25) is 0 Å². The van der Waals surface area contributed by atoms with Gasteiger partial charge in [-0.15, -0.1) is 0 Å². The number of benzene rings is 1. The molecular formula is C17H25N3. The molecule has 1 saturated carbocycles. The highest BCUT2D eigenvalue weighted by Gasteiger charge is 2.45. The van der Waals surface area contributed by atoms with Crippen molar-refractivity contribution in [2.45, 2.75) is 45.1 Å². The molecule has 3 nitrogen and oxygen atoms in total. The molecule has 3 heteroatoms. The van der Waals surface area contributed by atoms with Gasteiger partial charge >= 0.3 is 0 Å². The Bertz CT molecular complexity index is 484. The number of rotatable bonds is 2. The van der Waals surface area contributed by atoms with Crippen molar-refractivity contribution in [2.24, 2.45) is 22.6 Å². The molecule has 0 bridgehead atoms. The topological polar surface area (TPSA) is 41.6 Å². The van der Waals surface area contributed by atoms with Gasteiger partial charge in [-0.25, -0.2) is 0 Å². The number of anilines is 1. The zero-order valence-electron chi connectivity index (χ0n) is 12.5. The Morgan fingerprint density at radius 1 is 1.20 bits per heavy atom. The molecule has 0 radical (unpaired) electrons. The van der Waals surface area contributed by atoms with E-state index in [9.17, 15) is 0 Å². The maximum Gasteiger partial charge on any atom is 0.196 e. The van der Waals surface area contributed by atoms with Crippen LogP contribution < -0.4 is 10.6 Å². The Morgan fingerprint density at radius 3 is 2.45 bits per heavy atom. The molecule has 1 heterocycles. The van der Waals surface area contributed by atoms with E-state index in [0.717, 1.165) is 18.4 Å². The van der Waals surface area contributed by atoms with Crippen molar-refractivity contribution in [1.82, 2.24) is 0 Å². The molecule has 1 aliphatic heterocycles. The fraction of sp³-hybridized carbons (Fsp3) is 0.588. The monoisotopic (exact) mass is 271 g/mol. The highest BCUT2D eigenvalue weighted by atomic mass is 15.4. The van der Waals surface area contributed by atoms with E-state index in [-0.39, 0.29) is 5.54 Å². The van der Waals surface area contributed by atoms with Gasteiger partial charge in [-0.1, -0.05) is 32.0 Å². The van der Waals surface area contributed by atoms with E-state index in [1.807, 2.05) is 0 Å².